The van der Waals surface area contributed by atoms with Gasteiger partial charge in [0, 0.05) is 5.92 Å². The number of sulfone groups is 1. The third-order valence-corrected chi connectivity index (χ3v) is 12.6. The first-order chi connectivity index (χ1) is 14.8. The van der Waals surface area contributed by atoms with Crippen molar-refractivity contribution < 1.29 is 17.6 Å². The highest BCUT2D eigenvalue weighted by Crippen LogP contribution is 2.37. The van der Waals surface area contributed by atoms with Crippen LogP contribution < -0.4 is 0 Å². The fourth-order valence-corrected chi connectivity index (χ4v) is 5.84. The van der Waals surface area contributed by atoms with E-state index in [4.69, 9.17) is 9.16 Å². The molecule has 2 aromatic rings. The SMILES string of the molecule is C=C(C)[C@@H](CS(=O)(=O)c1ccccc1)[C@H](CO[Si](C)(C)C(C)(C)C)OCc1ccccc1. The van der Waals surface area contributed by atoms with Gasteiger partial charge in [-0.25, -0.2) is 8.42 Å². The highest BCUT2D eigenvalue weighted by atomic mass is 32.2. The molecule has 0 aliphatic rings. The topological polar surface area (TPSA) is 52.6 Å². The maximum absolute atomic E-state index is 13.2. The Morgan fingerprint density at radius 1 is 1.00 bits per heavy atom. The summed E-state index contributed by atoms with van der Waals surface area (Å²) in [6.07, 6.45) is -0.416. The van der Waals surface area contributed by atoms with E-state index in [1.165, 1.54) is 0 Å². The van der Waals surface area contributed by atoms with Gasteiger partial charge in [0.1, 0.15) is 0 Å². The third kappa shape index (κ3) is 7.41. The molecule has 6 heteroatoms. The molecule has 32 heavy (non-hydrogen) atoms. The Labute approximate surface area is 195 Å². The standard InChI is InChI=1S/C26H38O4SSi/c1-21(2)24(20-31(27,28)23-16-12-9-13-17-23)25(19-30-32(6,7)26(3,4)5)29-18-22-14-10-8-11-15-22/h8-17,24-25H,1,18-20H2,2-7H3/t24-,25+/m1/s1. The van der Waals surface area contributed by atoms with Gasteiger partial charge in [-0.15, -0.1) is 0 Å². The van der Waals surface area contributed by atoms with Crippen LogP contribution in [0.4, 0.5) is 0 Å². The molecule has 2 atom stereocenters. The summed E-state index contributed by atoms with van der Waals surface area (Å²) >= 11 is 0. The van der Waals surface area contributed by atoms with Gasteiger partial charge >= 0.3 is 0 Å². The van der Waals surface area contributed by atoms with Gasteiger partial charge in [-0.2, -0.15) is 0 Å². The first kappa shape index (κ1) is 26.5. The second kappa shape index (κ2) is 10.9. The van der Waals surface area contributed by atoms with Crippen LogP contribution in [0.1, 0.15) is 33.3 Å². The molecule has 0 aliphatic heterocycles. The van der Waals surface area contributed by atoms with Gasteiger partial charge in [0.05, 0.1) is 30.0 Å². The maximum Gasteiger partial charge on any atom is 0.192 e. The number of benzene rings is 2. The molecule has 0 radical (unpaired) electrons. The molecule has 0 fully saturated rings. The van der Waals surface area contributed by atoms with Gasteiger partial charge in [-0.3, -0.25) is 0 Å². The summed E-state index contributed by atoms with van der Waals surface area (Å²) in [7, 11) is -5.54. The fourth-order valence-electron chi connectivity index (χ4n) is 3.09. The fraction of sp³-hybridized carbons (Fsp3) is 0.462. The van der Waals surface area contributed by atoms with Crippen molar-refractivity contribution in [2.75, 3.05) is 12.4 Å². The van der Waals surface area contributed by atoms with E-state index in [2.05, 4.69) is 40.4 Å². The first-order valence-corrected chi connectivity index (χ1v) is 15.6. The van der Waals surface area contributed by atoms with E-state index in [1.807, 2.05) is 43.3 Å². The lowest BCUT2D eigenvalue weighted by Crippen LogP contribution is -2.45. The predicted octanol–water partition coefficient (Wildman–Crippen LogP) is 6.26. The van der Waals surface area contributed by atoms with Gasteiger partial charge in [0.2, 0.25) is 0 Å². The van der Waals surface area contributed by atoms with Crippen molar-refractivity contribution in [2.24, 2.45) is 5.92 Å². The van der Waals surface area contributed by atoms with Gasteiger partial charge < -0.3 is 9.16 Å². The molecule has 0 spiro atoms. The monoisotopic (exact) mass is 474 g/mol. The molecule has 176 valence electrons. The van der Waals surface area contributed by atoms with Crippen LogP contribution in [0.15, 0.2) is 77.7 Å². The van der Waals surface area contributed by atoms with Gasteiger partial charge in [-0.1, -0.05) is 81.5 Å². The molecule has 4 nitrogen and oxygen atoms in total. The van der Waals surface area contributed by atoms with Crippen LogP contribution in [-0.4, -0.2) is 35.2 Å². The Bertz CT molecular complexity index is 964. The summed E-state index contributed by atoms with van der Waals surface area (Å²) < 4.78 is 39.1. The highest BCUT2D eigenvalue weighted by Gasteiger charge is 2.39. The van der Waals surface area contributed by atoms with Crippen molar-refractivity contribution >= 4 is 18.2 Å². The van der Waals surface area contributed by atoms with Crippen LogP contribution in [0.5, 0.6) is 0 Å². The Kier molecular flexibility index (Phi) is 9.05. The summed E-state index contributed by atoms with van der Waals surface area (Å²) in [6, 6.07) is 18.5. The first-order valence-electron chi connectivity index (χ1n) is 11.1. The van der Waals surface area contributed by atoms with E-state index >= 15 is 0 Å². The van der Waals surface area contributed by atoms with Crippen molar-refractivity contribution in [3.05, 3.63) is 78.4 Å². The molecule has 0 saturated carbocycles. The van der Waals surface area contributed by atoms with E-state index in [-0.39, 0.29) is 16.7 Å². The Morgan fingerprint density at radius 3 is 2.03 bits per heavy atom. The summed E-state index contributed by atoms with van der Waals surface area (Å²) in [4.78, 5) is 0.318. The molecule has 0 amide bonds. The average molecular weight is 475 g/mol. The number of hydrogen-bond donors (Lipinski definition) is 0. The third-order valence-electron chi connectivity index (χ3n) is 6.30. The maximum atomic E-state index is 13.2. The summed E-state index contributed by atoms with van der Waals surface area (Å²) in [5.41, 5.74) is 1.82. The van der Waals surface area contributed by atoms with E-state index in [0.717, 1.165) is 11.1 Å². The van der Waals surface area contributed by atoms with Crippen molar-refractivity contribution in [2.45, 2.75) is 63.4 Å². The average Bonchev–Trinajstić information content (AvgIpc) is 2.73. The van der Waals surface area contributed by atoms with Crippen LogP contribution in [0.2, 0.25) is 18.1 Å². The zero-order valence-electron chi connectivity index (χ0n) is 20.3. The molecular weight excluding hydrogens is 436 g/mol. The molecule has 0 aliphatic carbocycles. The van der Waals surface area contributed by atoms with E-state index < -0.39 is 24.3 Å². The lowest BCUT2D eigenvalue weighted by atomic mass is 9.98. The van der Waals surface area contributed by atoms with Crippen LogP contribution in [0.3, 0.4) is 0 Å². The lowest BCUT2D eigenvalue weighted by molar-refractivity contribution is -0.0159. The summed E-state index contributed by atoms with van der Waals surface area (Å²) in [5, 5.41) is 0.0474. The van der Waals surface area contributed by atoms with Crippen molar-refractivity contribution in [1.29, 1.82) is 0 Å². The molecule has 0 aromatic heterocycles. The zero-order valence-corrected chi connectivity index (χ0v) is 22.1. The molecule has 0 unspecified atom stereocenters. The molecule has 2 rings (SSSR count). The summed E-state index contributed by atoms with van der Waals surface area (Å²) in [5.74, 6) is -0.444. The predicted molar refractivity (Wildman–Crippen MR) is 135 cm³/mol. The molecule has 0 heterocycles. The second-order valence-corrected chi connectivity index (χ2v) is 16.8. The van der Waals surface area contributed by atoms with Crippen molar-refractivity contribution in [3.8, 4) is 0 Å². The Morgan fingerprint density at radius 2 is 1.53 bits per heavy atom. The molecule has 0 N–H and O–H groups in total. The number of rotatable bonds is 11. The minimum absolute atomic E-state index is 0.0474. The van der Waals surface area contributed by atoms with Crippen molar-refractivity contribution in [3.63, 3.8) is 0 Å². The smallest absolute Gasteiger partial charge is 0.192 e. The van der Waals surface area contributed by atoms with Gasteiger partial charge in [0.25, 0.3) is 0 Å². The van der Waals surface area contributed by atoms with E-state index in [1.54, 1.807) is 24.3 Å². The van der Waals surface area contributed by atoms with E-state index in [0.29, 0.717) is 18.1 Å². The van der Waals surface area contributed by atoms with Gasteiger partial charge in [-0.05, 0) is 42.8 Å². The summed E-state index contributed by atoms with van der Waals surface area (Å²) in [6.45, 7) is 17.7. The number of ether oxygens (including phenoxy) is 1. The van der Waals surface area contributed by atoms with Crippen LogP contribution in [-0.2, 0) is 25.6 Å². The van der Waals surface area contributed by atoms with Crippen LogP contribution in [0.25, 0.3) is 0 Å². The highest BCUT2D eigenvalue weighted by molar-refractivity contribution is 7.91. The lowest BCUT2D eigenvalue weighted by Gasteiger charge is -2.38. The Hall–Kier alpha value is -1.73. The number of hydrogen-bond acceptors (Lipinski definition) is 4. The van der Waals surface area contributed by atoms with E-state index in [9.17, 15) is 8.42 Å². The van der Waals surface area contributed by atoms with Crippen LogP contribution in [0, 0.1) is 5.92 Å². The molecular formula is C26H38O4SSi. The zero-order chi connectivity index (χ0) is 24.0. The normalized spacial score (nSPS) is 14.7. The van der Waals surface area contributed by atoms with Crippen molar-refractivity contribution in [1.82, 2.24) is 0 Å². The Balaban J connectivity index is 2.29. The largest absolute Gasteiger partial charge is 0.414 e. The minimum Gasteiger partial charge on any atom is -0.414 e. The molecule has 0 saturated heterocycles. The quantitative estimate of drug-likeness (QED) is 0.285. The van der Waals surface area contributed by atoms with Crippen LogP contribution >= 0.6 is 0 Å². The second-order valence-electron chi connectivity index (χ2n) is 9.95. The minimum atomic E-state index is -3.50. The molecule has 0 bridgehead atoms. The van der Waals surface area contributed by atoms with Gasteiger partial charge in [0.15, 0.2) is 18.2 Å². The molecule has 2 aromatic carbocycles.